The molecule has 18 heavy (non-hydrogen) atoms. The molecule has 0 bridgehead atoms. The van der Waals surface area contributed by atoms with Gasteiger partial charge in [0, 0.05) is 22.9 Å². The molecule has 2 heterocycles. The highest BCUT2D eigenvalue weighted by Gasteiger charge is 2.23. The Hall–Kier alpha value is -1.40. The average Bonchev–Trinajstić information content (AvgIpc) is 2.65. The molecule has 0 amide bonds. The van der Waals surface area contributed by atoms with Crippen LogP contribution in [0.1, 0.15) is 11.1 Å². The highest BCUT2D eigenvalue weighted by Crippen LogP contribution is 2.41. The van der Waals surface area contributed by atoms with Crippen LogP contribution < -0.4 is 0 Å². The quantitative estimate of drug-likeness (QED) is 0.796. The second kappa shape index (κ2) is 4.07. The van der Waals surface area contributed by atoms with E-state index in [1.807, 2.05) is 6.07 Å². The Labute approximate surface area is 112 Å². The number of aromatic amines is 1. The van der Waals surface area contributed by atoms with Crippen molar-refractivity contribution in [3.05, 3.63) is 26.6 Å². The fraction of sp³-hybridized carbons (Fsp3) is 0.333. The van der Waals surface area contributed by atoms with Crippen LogP contribution in [0, 0.1) is 4.91 Å². The summed E-state index contributed by atoms with van der Waals surface area (Å²) in [6.07, 6.45) is 0.950. The second-order valence-corrected chi connectivity index (χ2v) is 5.49. The van der Waals surface area contributed by atoms with Crippen molar-refractivity contribution in [2.75, 3.05) is 13.6 Å². The molecule has 0 saturated heterocycles. The van der Waals surface area contributed by atoms with Gasteiger partial charge >= 0.3 is 0 Å². The van der Waals surface area contributed by atoms with Crippen LogP contribution in [0.4, 0.5) is 5.69 Å². The molecule has 1 aliphatic rings. The van der Waals surface area contributed by atoms with Gasteiger partial charge in [-0.2, -0.15) is 0 Å². The molecular weight excluding hydrogens is 298 g/mol. The van der Waals surface area contributed by atoms with E-state index < -0.39 is 0 Å². The number of hydrogen-bond donors (Lipinski definition) is 2. The molecule has 1 aromatic heterocycles. The monoisotopic (exact) mass is 309 g/mol. The minimum Gasteiger partial charge on any atom is -0.493 e. The molecular formula is C12H12BrN3O2. The Kier molecular flexibility index (Phi) is 2.64. The number of halogens is 1. The predicted octanol–water partition coefficient (Wildman–Crippen LogP) is 3.02. The van der Waals surface area contributed by atoms with Crippen LogP contribution in [0.25, 0.3) is 10.9 Å². The molecule has 2 N–H and O–H groups in total. The molecule has 0 atom stereocenters. The molecule has 0 radical (unpaired) electrons. The van der Waals surface area contributed by atoms with E-state index >= 15 is 0 Å². The van der Waals surface area contributed by atoms with Gasteiger partial charge in [-0.3, -0.25) is 0 Å². The fourth-order valence-corrected chi connectivity index (χ4v) is 3.23. The van der Waals surface area contributed by atoms with Crippen molar-refractivity contribution in [2.45, 2.75) is 13.0 Å². The normalized spacial score (nSPS) is 15.9. The number of aromatic hydroxyl groups is 1. The van der Waals surface area contributed by atoms with E-state index in [2.05, 4.69) is 38.0 Å². The molecule has 0 aliphatic carbocycles. The average molecular weight is 310 g/mol. The minimum absolute atomic E-state index is 0.0849. The summed E-state index contributed by atoms with van der Waals surface area (Å²) in [6, 6.07) is 1.85. The summed E-state index contributed by atoms with van der Waals surface area (Å²) in [5, 5.41) is 13.3. The molecule has 0 spiro atoms. The summed E-state index contributed by atoms with van der Waals surface area (Å²) in [5.41, 5.74) is 3.26. The Balaban J connectivity index is 2.37. The van der Waals surface area contributed by atoms with Gasteiger partial charge in [0.25, 0.3) is 0 Å². The number of fused-ring (bicyclic) bond motifs is 3. The maximum absolute atomic E-state index is 10.8. The molecule has 1 aromatic carbocycles. The van der Waals surface area contributed by atoms with Gasteiger partial charge in [0.2, 0.25) is 5.88 Å². The van der Waals surface area contributed by atoms with Crippen LogP contribution >= 0.6 is 15.9 Å². The lowest BCUT2D eigenvalue weighted by atomic mass is 9.97. The SMILES string of the molecule is CN1CCc2c(Br)cc3c(N=O)c(O)[nH]c3c2C1. The number of likely N-dealkylation sites (N-methyl/N-ethyl adjacent to an activating group) is 1. The topological polar surface area (TPSA) is 68.7 Å². The van der Waals surface area contributed by atoms with Crippen molar-refractivity contribution in [1.82, 2.24) is 9.88 Å². The number of H-pyrrole nitrogens is 1. The van der Waals surface area contributed by atoms with Crippen molar-refractivity contribution in [1.29, 1.82) is 0 Å². The van der Waals surface area contributed by atoms with E-state index in [4.69, 9.17) is 0 Å². The first kappa shape index (κ1) is 11.7. The molecule has 94 valence electrons. The lowest BCUT2D eigenvalue weighted by molar-refractivity contribution is 0.314. The molecule has 0 saturated carbocycles. The van der Waals surface area contributed by atoms with E-state index in [9.17, 15) is 10.0 Å². The number of nitroso groups, excluding NO2 is 1. The Morgan fingerprint density at radius 1 is 1.50 bits per heavy atom. The summed E-state index contributed by atoms with van der Waals surface area (Å²) < 4.78 is 0.974. The number of nitrogens with zero attached hydrogens (tertiary/aromatic N) is 2. The van der Waals surface area contributed by atoms with Gasteiger partial charge in [0.15, 0.2) is 5.69 Å². The van der Waals surface area contributed by atoms with E-state index in [-0.39, 0.29) is 11.6 Å². The van der Waals surface area contributed by atoms with Crippen LogP contribution in [0.3, 0.4) is 0 Å². The predicted molar refractivity (Wildman–Crippen MR) is 73.2 cm³/mol. The van der Waals surface area contributed by atoms with Gasteiger partial charge in [-0.05, 0) is 35.8 Å². The third-order valence-corrected chi connectivity index (χ3v) is 4.19. The smallest absolute Gasteiger partial charge is 0.219 e. The molecule has 0 fully saturated rings. The second-order valence-electron chi connectivity index (χ2n) is 4.64. The van der Waals surface area contributed by atoms with Gasteiger partial charge in [0.1, 0.15) is 0 Å². The number of nitrogens with one attached hydrogen (secondary N) is 1. The summed E-state index contributed by atoms with van der Waals surface area (Å²) in [4.78, 5) is 15.9. The standard InChI is InChI=1S/C12H12BrN3O2/c1-16-3-2-6-8(5-16)10-7(4-9(6)13)11(15-18)12(17)14-10/h4,14,17H,2-3,5H2,1H3. The molecule has 3 rings (SSSR count). The van der Waals surface area contributed by atoms with Crippen molar-refractivity contribution in [2.24, 2.45) is 5.18 Å². The van der Waals surface area contributed by atoms with Crippen molar-refractivity contribution < 1.29 is 5.11 Å². The largest absolute Gasteiger partial charge is 0.493 e. The van der Waals surface area contributed by atoms with Crippen LogP contribution in [0.15, 0.2) is 15.7 Å². The zero-order valence-corrected chi connectivity index (χ0v) is 11.4. The number of benzene rings is 1. The van der Waals surface area contributed by atoms with E-state index in [1.165, 1.54) is 5.56 Å². The number of rotatable bonds is 1. The maximum Gasteiger partial charge on any atom is 0.219 e. The first-order chi connectivity index (χ1) is 8.61. The molecule has 0 unspecified atom stereocenters. The third-order valence-electron chi connectivity index (χ3n) is 3.48. The molecule has 1 aliphatic heterocycles. The highest BCUT2D eigenvalue weighted by atomic mass is 79.9. The van der Waals surface area contributed by atoms with Crippen LogP contribution in [-0.2, 0) is 13.0 Å². The number of hydrogen-bond acceptors (Lipinski definition) is 4. The zero-order valence-electron chi connectivity index (χ0n) is 9.83. The fourth-order valence-electron chi connectivity index (χ4n) is 2.57. The van der Waals surface area contributed by atoms with Crippen LogP contribution in [-0.4, -0.2) is 28.6 Å². The van der Waals surface area contributed by atoms with Gasteiger partial charge in [0.05, 0.1) is 5.52 Å². The molecule has 5 nitrogen and oxygen atoms in total. The first-order valence-corrected chi connectivity index (χ1v) is 6.48. The Morgan fingerprint density at radius 2 is 2.28 bits per heavy atom. The summed E-state index contributed by atoms with van der Waals surface area (Å²) in [6.45, 7) is 1.80. The third kappa shape index (κ3) is 1.56. The minimum atomic E-state index is -0.159. The van der Waals surface area contributed by atoms with Crippen molar-refractivity contribution >= 4 is 32.5 Å². The van der Waals surface area contributed by atoms with Gasteiger partial charge < -0.3 is 15.0 Å². The Morgan fingerprint density at radius 3 is 3.00 bits per heavy atom. The maximum atomic E-state index is 10.8. The van der Waals surface area contributed by atoms with Gasteiger partial charge in [-0.1, -0.05) is 15.9 Å². The molecule has 6 heteroatoms. The highest BCUT2D eigenvalue weighted by molar-refractivity contribution is 9.10. The lowest BCUT2D eigenvalue weighted by Gasteiger charge is -2.26. The van der Waals surface area contributed by atoms with Crippen LogP contribution in [0.5, 0.6) is 5.88 Å². The van der Waals surface area contributed by atoms with Gasteiger partial charge in [-0.25, -0.2) is 0 Å². The number of aromatic nitrogens is 1. The van der Waals surface area contributed by atoms with E-state index in [0.29, 0.717) is 5.39 Å². The zero-order chi connectivity index (χ0) is 12.9. The molecule has 2 aromatic rings. The van der Waals surface area contributed by atoms with E-state index in [1.54, 1.807) is 0 Å². The summed E-state index contributed by atoms with van der Waals surface area (Å²) in [5.74, 6) is -0.159. The first-order valence-electron chi connectivity index (χ1n) is 5.68. The van der Waals surface area contributed by atoms with Crippen LogP contribution in [0.2, 0.25) is 0 Å². The summed E-state index contributed by atoms with van der Waals surface area (Å²) in [7, 11) is 2.05. The van der Waals surface area contributed by atoms with E-state index in [0.717, 1.165) is 35.1 Å². The lowest BCUT2D eigenvalue weighted by Crippen LogP contribution is -2.27. The van der Waals surface area contributed by atoms with Crippen molar-refractivity contribution in [3.63, 3.8) is 0 Å². The van der Waals surface area contributed by atoms with Gasteiger partial charge in [-0.15, -0.1) is 4.91 Å². The summed E-state index contributed by atoms with van der Waals surface area (Å²) >= 11 is 3.54. The van der Waals surface area contributed by atoms with Crippen molar-refractivity contribution in [3.8, 4) is 5.88 Å². The Bertz CT molecular complexity index is 651.